The second-order valence-corrected chi connectivity index (χ2v) is 5.50. The third-order valence-corrected chi connectivity index (χ3v) is 3.88. The number of ether oxygens (including phenoxy) is 1. The van der Waals surface area contributed by atoms with Gasteiger partial charge in [-0.2, -0.15) is 0 Å². The van der Waals surface area contributed by atoms with Crippen LogP contribution in [0.2, 0.25) is 0 Å². The number of aliphatic hydroxyl groups is 1. The number of carbonyl (C=O) groups excluding carboxylic acids is 1. The summed E-state index contributed by atoms with van der Waals surface area (Å²) in [5, 5.41) is 11.6. The quantitative estimate of drug-likeness (QED) is 0.818. The number of rotatable bonds is 6. The third-order valence-electron chi connectivity index (χ3n) is 3.29. The predicted octanol–water partition coefficient (Wildman–Crippen LogP) is 0.298. The van der Waals surface area contributed by atoms with Crippen molar-refractivity contribution in [2.24, 2.45) is 0 Å². The number of hydrogen-bond acceptors (Lipinski definition) is 6. The Labute approximate surface area is 123 Å². The first-order chi connectivity index (χ1) is 9.70. The van der Waals surface area contributed by atoms with Gasteiger partial charge in [0.05, 0.1) is 18.2 Å². The van der Waals surface area contributed by atoms with Crippen LogP contribution in [0, 0.1) is 0 Å². The molecular formula is C13H21N3O3S. The maximum atomic E-state index is 12.1. The van der Waals surface area contributed by atoms with E-state index in [4.69, 9.17) is 4.74 Å². The smallest absolute Gasteiger partial charge is 0.273 e. The number of amides is 1. The number of hydrogen-bond donors (Lipinski definition) is 1. The van der Waals surface area contributed by atoms with Gasteiger partial charge in [0.2, 0.25) is 0 Å². The summed E-state index contributed by atoms with van der Waals surface area (Å²) in [5.74, 6) is 0.000708. The molecule has 0 saturated carbocycles. The monoisotopic (exact) mass is 299 g/mol. The van der Waals surface area contributed by atoms with E-state index in [-0.39, 0.29) is 5.91 Å². The van der Waals surface area contributed by atoms with Crippen molar-refractivity contribution in [1.29, 1.82) is 0 Å². The van der Waals surface area contributed by atoms with E-state index < -0.39 is 6.10 Å². The normalized spacial score (nSPS) is 18.2. The second kappa shape index (κ2) is 7.68. The zero-order valence-corrected chi connectivity index (χ0v) is 12.5. The molecule has 20 heavy (non-hydrogen) atoms. The molecule has 0 aromatic carbocycles. The van der Waals surface area contributed by atoms with E-state index in [1.165, 1.54) is 11.3 Å². The molecule has 1 atom stereocenters. The molecule has 6 nitrogen and oxygen atoms in total. The van der Waals surface area contributed by atoms with Crippen LogP contribution >= 0.6 is 11.3 Å². The molecule has 0 bridgehead atoms. The van der Waals surface area contributed by atoms with Crippen molar-refractivity contribution in [2.75, 3.05) is 45.9 Å². The van der Waals surface area contributed by atoms with Crippen molar-refractivity contribution in [2.45, 2.75) is 13.0 Å². The molecule has 1 saturated heterocycles. The Balaban J connectivity index is 1.73. The van der Waals surface area contributed by atoms with E-state index >= 15 is 0 Å². The summed E-state index contributed by atoms with van der Waals surface area (Å²) >= 11 is 1.43. The molecule has 1 unspecified atom stereocenters. The molecule has 1 amide bonds. The van der Waals surface area contributed by atoms with Crippen molar-refractivity contribution < 1.29 is 14.6 Å². The number of carbonyl (C=O) groups is 1. The van der Waals surface area contributed by atoms with E-state index in [1.54, 1.807) is 10.9 Å². The molecule has 1 aliphatic heterocycles. The van der Waals surface area contributed by atoms with Crippen molar-refractivity contribution in [3.05, 3.63) is 16.6 Å². The number of nitrogens with zero attached hydrogens (tertiary/aromatic N) is 3. The average Bonchev–Trinajstić information content (AvgIpc) is 2.99. The highest BCUT2D eigenvalue weighted by Crippen LogP contribution is 2.09. The van der Waals surface area contributed by atoms with Crippen LogP contribution in [0.25, 0.3) is 0 Å². The lowest BCUT2D eigenvalue weighted by molar-refractivity contribution is 0.0110. The Morgan fingerprint density at radius 1 is 1.50 bits per heavy atom. The lowest BCUT2D eigenvalue weighted by atomic mass is 10.2. The summed E-state index contributed by atoms with van der Waals surface area (Å²) in [4.78, 5) is 20.1. The summed E-state index contributed by atoms with van der Waals surface area (Å²) in [6, 6.07) is 0. The highest BCUT2D eigenvalue weighted by Gasteiger charge is 2.24. The van der Waals surface area contributed by atoms with Crippen LogP contribution in [0.4, 0.5) is 0 Å². The van der Waals surface area contributed by atoms with Crippen LogP contribution in [-0.4, -0.2) is 77.8 Å². The Bertz CT molecular complexity index is 405. The summed E-state index contributed by atoms with van der Waals surface area (Å²) < 4.78 is 5.20. The van der Waals surface area contributed by atoms with Crippen LogP contribution in [0.15, 0.2) is 10.9 Å². The van der Waals surface area contributed by atoms with Gasteiger partial charge < -0.3 is 14.7 Å². The van der Waals surface area contributed by atoms with E-state index in [0.717, 1.165) is 13.1 Å². The number of aliphatic hydroxyl groups excluding tert-OH is 1. The molecule has 2 heterocycles. The molecule has 1 fully saturated rings. The highest BCUT2D eigenvalue weighted by atomic mass is 32.1. The van der Waals surface area contributed by atoms with Gasteiger partial charge in [-0.05, 0) is 6.92 Å². The number of aromatic nitrogens is 1. The van der Waals surface area contributed by atoms with Gasteiger partial charge in [-0.3, -0.25) is 9.69 Å². The summed E-state index contributed by atoms with van der Waals surface area (Å²) in [6.45, 7) is 6.41. The first-order valence-electron chi connectivity index (χ1n) is 6.86. The van der Waals surface area contributed by atoms with Gasteiger partial charge >= 0.3 is 0 Å². The largest absolute Gasteiger partial charge is 0.389 e. The molecule has 0 spiro atoms. The van der Waals surface area contributed by atoms with Gasteiger partial charge in [-0.15, -0.1) is 11.3 Å². The molecule has 1 aliphatic rings. The summed E-state index contributed by atoms with van der Waals surface area (Å²) in [7, 11) is 0. The topological polar surface area (TPSA) is 65.9 Å². The highest BCUT2D eigenvalue weighted by molar-refractivity contribution is 7.07. The number of piperazine rings is 1. The van der Waals surface area contributed by atoms with E-state index in [2.05, 4.69) is 9.88 Å². The molecule has 0 radical (unpaired) electrons. The minimum absolute atomic E-state index is 0.000708. The van der Waals surface area contributed by atoms with Gasteiger partial charge in [0.25, 0.3) is 5.91 Å². The fourth-order valence-corrected chi connectivity index (χ4v) is 2.74. The SMILES string of the molecule is CCOCC(O)CN1CCN(C(=O)c2cscn2)CC1. The fraction of sp³-hybridized carbons (Fsp3) is 0.692. The Morgan fingerprint density at radius 3 is 2.85 bits per heavy atom. The second-order valence-electron chi connectivity index (χ2n) is 4.78. The number of β-amino-alcohol motifs (C(OH)–C–C–N with tert-alkyl or cyclic N) is 1. The molecule has 0 aliphatic carbocycles. The Hall–Kier alpha value is -1.02. The third kappa shape index (κ3) is 4.24. The van der Waals surface area contributed by atoms with E-state index in [0.29, 0.717) is 38.5 Å². The Morgan fingerprint density at radius 2 is 2.25 bits per heavy atom. The van der Waals surface area contributed by atoms with Crippen LogP contribution < -0.4 is 0 Å². The van der Waals surface area contributed by atoms with Crippen LogP contribution in [0.1, 0.15) is 17.4 Å². The van der Waals surface area contributed by atoms with Crippen molar-refractivity contribution in [3.8, 4) is 0 Å². The van der Waals surface area contributed by atoms with E-state index in [1.807, 2.05) is 11.8 Å². The maximum absolute atomic E-state index is 12.1. The van der Waals surface area contributed by atoms with E-state index in [9.17, 15) is 9.90 Å². The van der Waals surface area contributed by atoms with Gasteiger partial charge in [0.15, 0.2) is 0 Å². The summed E-state index contributed by atoms with van der Waals surface area (Å²) in [5.41, 5.74) is 2.20. The van der Waals surface area contributed by atoms with Gasteiger partial charge in [0, 0.05) is 44.7 Å². The van der Waals surface area contributed by atoms with Gasteiger partial charge in [-0.1, -0.05) is 0 Å². The standard InChI is InChI=1S/C13H21N3O3S/c1-2-19-8-11(17)7-15-3-5-16(6-4-15)13(18)12-9-20-10-14-12/h9-11,17H,2-8H2,1H3. The maximum Gasteiger partial charge on any atom is 0.273 e. The molecule has 112 valence electrons. The van der Waals surface area contributed by atoms with Crippen LogP contribution in [-0.2, 0) is 4.74 Å². The lowest BCUT2D eigenvalue weighted by Gasteiger charge is -2.35. The molecule has 7 heteroatoms. The zero-order valence-electron chi connectivity index (χ0n) is 11.7. The van der Waals surface area contributed by atoms with Gasteiger partial charge in [0.1, 0.15) is 5.69 Å². The minimum Gasteiger partial charge on any atom is -0.389 e. The summed E-state index contributed by atoms with van der Waals surface area (Å²) in [6.07, 6.45) is -0.462. The predicted molar refractivity (Wildman–Crippen MR) is 77.0 cm³/mol. The minimum atomic E-state index is -0.462. The number of thiazole rings is 1. The van der Waals surface area contributed by atoms with Gasteiger partial charge in [-0.25, -0.2) is 4.98 Å². The molecule has 2 rings (SSSR count). The van der Waals surface area contributed by atoms with Crippen molar-refractivity contribution >= 4 is 17.2 Å². The zero-order chi connectivity index (χ0) is 14.4. The molecule has 1 aromatic heterocycles. The Kier molecular flexibility index (Phi) is 5.90. The van der Waals surface area contributed by atoms with Crippen LogP contribution in [0.3, 0.4) is 0 Å². The fourth-order valence-electron chi connectivity index (χ4n) is 2.22. The average molecular weight is 299 g/mol. The molecular weight excluding hydrogens is 278 g/mol. The first-order valence-corrected chi connectivity index (χ1v) is 7.80. The first kappa shape index (κ1) is 15.4. The van der Waals surface area contributed by atoms with Crippen molar-refractivity contribution in [3.63, 3.8) is 0 Å². The van der Waals surface area contributed by atoms with Crippen LogP contribution in [0.5, 0.6) is 0 Å². The molecule has 1 aromatic rings. The van der Waals surface area contributed by atoms with Crippen molar-refractivity contribution in [1.82, 2.24) is 14.8 Å². The molecule has 1 N–H and O–H groups in total. The lowest BCUT2D eigenvalue weighted by Crippen LogP contribution is -2.50.